The zero-order chi connectivity index (χ0) is 17.5. The number of nitrogens with one attached hydrogen (secondary N) is 2. The number of thiophene rings is 1. The number of carbonyl (C=O) groups is 2. The maximum atomic E-state index is 11.9. The van der Waals surface area contributed by atoms with Crippen molar-refractivity contribution in [3.63, 3.8) is 0 Å². The lowest BCUT2D eigenvalue weighted by atomic mass is 9.97. The Labute approximate surface area is 149 Å². The number of hydrogen-bond donors (Lipinski definition) is 2. The molecule has 0 bridgehead atoms. The second-order valence-corrected chi connectivity index (χ2v) is 6.73. The van der Waals surface area contributed by atoms with Gasteiger partial charge in [-0.15, -0.1) is 21.5 Å². The van der Waals surface area contributed by atoms with E-state index in [1.165, 1.54) is 34.5 Å². The van der Waals surface area contributed by atoms with E-state index < -0.39 is 11.9 Å². The van der Waals surface area contributed by atoms with Crippen LogP contribution >= 0.6 is 11.3 Å². The van der Waals surface area contributed by atoms with Crippen LogP contribution in [0.25, 0.3) is 10.7 Å². The molecule has 3 rings (SSSR count). The van der Waals surface area contributed by atoms with Gasteiger partial charge in [0, 0.05) is 6.54 Å². The number of hydrogen-bond acceptors (Lipinski definition) is 6. The summed E-state index contributed by atoms with van der Waals surface area (Å²) < 4.78 is 0. The average Bonchev–Trinajstić information content (AvgIpc) is 3.27. The molecule has 0 spiro atoms. The maximum absolute atomic E-state index is 11.9. The van der Waals surface area contributed by atoms with Crippen molar-refractivity contribution in [3.05, 3.63) is 29.2 Å². The summed E-state index contributed by atoms with van der Waals surface area (Å²) in [6.45, 7) is 0.367. The first-order chi connectivity index (χ1) is 12.2. The SMILES string of the molecule is O=C(Cn1nnc(-c2cccs2)n1)NC(=O)NCCC1=CCCCC1. The second kappa shape index (κ2) is 8.52. The van der Waals surface area contributed by atoms with Gasteiger partial charge in [-0.3, -0.25) is 10.1 Å². The highest BCUT2D eigenvalue weighted by Gasteiger charge is 2.12. The number of imide groups is 1. The fourth-order valence-corrected chi connectivity index (χ4v) is 3.27. The first-order valence-electron chi connectivity index (χ1n) is 8.28. The van der Waals surface area contributed by atoms with E-state index in [9.17, 15) is 9.59 Å². The predicted molar refractivity (Wildman–Crippen MR) is 93.8 cm³/mol. The highest BCUT2D eigenvalue weighted by Crippen LogP contribution is 2.20. The third-order valence-electron chi connectivity index (χ3n) is 3.85. The molecule has 1 aliphatic carbocycles. The molecule has 0 aliphatic heterocycles. The Morgan fingerprint density at radius 3 is 3.00 bits per heavy atom. The molecule has 2 heterocycles. The minimum Gasteiger partial charge on any atom is -0.337 e. The lowest BCUT2D eigenvalue weighted by Crippen LogP contribution is -2.41. The first kappa shape index (κ1) is 17.3. The van der Waals surface area contributed by atoms with Gasteiger partial charge in [-0.2, -0.15) is 4.80 Å². The third-order valence-corrected chi connectivity index (χ3v) is 4.71. The van der Waals surface area contributed by atoms with E-state index >= 15 is 0 Å². The van der Waals surface area contributed by atoms with E-state index in [2.05, 4.69) is 32.1 Å². The van der Waals surface area contributed by atoms with Crippen LogP contribution in [0.5, 0.6) is 0 Å². The Bertz CT molecular complexity index is 753. The minimum absolute atomic E-state index is 0.156. The number of aromatic nitrogens is 4. The number of amides is 3. The molecule has 0 saturated carbocycles. The molecule has 25 heavy (non-hydrogen) atoms. The smallest absolute Gasteiger partial charge is 0.321 e. The molecule has 2 aromatic rings. The van der Waals surface area contributed by atoms with Crippen molar-refractivity contribution in [2.75, 3.05) is 6.54 Å². The van der Waals surface area contributed by atoms with Crippen LogP contribution in [0.4, 0.5) is 4.79 Å². The van der Waals surface area contributed by atoms with Gasteiger partial charge in [-0.05, 0) is 48.8 Å². The molecule has 0 unspecified atom stereocenters. The van der Waals surface area contributed by atoms with Crippen LogP contribution in [-0.4, -0.2) is 38.7 Å². The molecule has 0 fully saturated rings. The van der Waals surface area contributed by atoms with Gasteiger partial charge in [-0.25, -0.2) is 4.79 Å². The molecule has 0 aromatic carbocycles. The van der Waals surface area contributed by atoms with Crippen molar-refractivity contribution in [1.29, 1.82) is 0 Å². The molecule has 9 heteroatoms. The highest BCUT2D eigenvalue weighted by molar-refractivity contribution is 7.13. The van der Waals surface area contributed by atoms with Gasteiger partial charge < -0.3 is 5.32 Å². The van der Waals surface area contributed by atoms with E-state index in [-0.39, 0.29) is 6.54 Å². The Morgan fingerprint density at radius 1 is 1.32 bits per heavy atom. The molecule has 2 aromatic heterocycles. The summed E-state index contributed by atoms with van der Waals surface area (Å²) in [6.07, 6.45) is 7.77. The number of tetrazole rings is 1. The van der Waals surface area contributed by atoms with Crippen molar-refractivity contribution in [3.8, 4) is 10.7 Å². The van der Waals surface area contributed by atoms with Crippen molar-refractivity contribution >= 4 is 23.3 Å². The molecule has 0 radical (unpaired) electrons. The summed E-state index contributed by atoms with van der Waals surface area (Å²) in [5.74, 6) is -0.0162. The van der Waals surface area contributed by atoms with E-state index in [1.54, 1.807) is 0 Å². The standard InChI is InChI=1S/C16H20N6O2S/c23-14(11-22-20-15(19-21-22)13-7-4-10-25-13)18-16(24)17-9-8-12-5-2-1-3-6-12/h4-5,7,10H,1-3,6,8-9,11H2,(H2,17,18,23,24). The van der Waals surface area contributed by atoms with Gasteiger partial charge in [0.25, 0.3) is 5.91 Å². The predicted octanol–water partition coefficient (Wildman–Crippen LogP) is 2.12. The van der Waals surface area contributed by atoms with Gasteiger partial charge in [-0.1, -0.05) is 17.7 Å². The van der Waals surface area contributed by atoms with E-state index in [4.69, 9.17) is 0 Å². The molecule has 0 saturated heterocycles. The van der Waals surface area contributed by atoms with Crippen molar-refractivity contribution < 1.29 is 9.59 Å². The van der Waals surface area contributed by atoms with Gasteiger partial charge in [0.2, 0.25) is 5.82 Å². The van der Waals surface area contributed by atoms with Crippen molar-refractivity contribution in [1.82, 2.24) is 30.8 Å². The topological polar surface area (TPSA) is 102 Å². The quantitative estimate of drug-likeness (QED) is 0.768. The summed E-state index contributed by atoms with van der Waals surface area (Å²) in [6, 6.07) is 3.27. The van der Waals surface area contributed by atoms with Crippen LogP contribution in [0, 0.1) is 0 Å². The van der Waals surface area contributed by atoms with Gasteiger partial charge in [0.1, 0.15) is 6.54 Å². The van der Waals surface area contributed by atoms with Gasteiger partial charge in [0.05, 0.1) is 4.88 Å². The van der Waals surface area contributed by atoms with Gasteiger partial charge >= 0.3 is 6.03 Å². The lowest BCUT2D eigenvalue weighted by Gasteiger charge is -2.13. The number of nitrogens with zero attached hydrogens (tertiary/aromatic N) is 4. The average molecular weight is 360 g/mol. The normalized spacial score (nSPS) is 14.0. The van der Waals surface area contributed by atoms with E-state index in [1.807, 2.05) is 17.5 Å². The Hall–Kier alpha value is -2.55. The molecular weight excluding hydrogens is 340 g/mol. The Balaban J connectivity index is 1.39. The fourth-order valence-electron chi connectivity index (χ4n) is 2.62. The van der Waals surface area contributed by atoms with Crippen LogP contribution in [0.3, 0.4) is 0 Å². The number of rotatable bonds is 6. The molecule has 3 amide bonds. The molecule has 132 valence electrons. The van der Waals surface area contributed by atoms with Crippen LogP contribution in [0.1, 0.15) is 32.1 Å². The summed E-state index contributed by atoms with van der Waals surface area (Å²) in [4.78, 5) is 25.7. The van der Waals surface area contributed by atoms with Crippen LogP contribution in [0.15, 0.2) is 29.2 Å². The van der Waals surface area contributed by atoms with E-state index in [0.717, 1.165) is 24.1 Å². The Morgan fingerprint density at radius 2 is 2.24 bits per heavy atom. The lowest BCUT2D eigenvalue weighted by molar-refractivity contribution is -0.121. The molecular formula is C16H20N6O2S. The number of urea groups is 1. The first-order valence-corrected chi connectivity index (χ1v) is 9.16. The van der Waals surface area contributed by atoms with Crippen molar-refractivity contribution in [2.45, 2.75) is 38.6 Å². The van der Waals surface area contributed by atoms with Crippen LogP contribution < -0.4 is 10.6 Å². The monoisotopic (exact) mass is 360 g/mol. The summed E-state index contributed by atoms with van der Waals surface area (Å²) in [7, 11) is 0. The molecule has 8 nitrogen and oxygen atoms in total. The molecule has 2 N–H and O–H groups in total. The summed E-state index contributed by atoms with van der Waals surface area (Å²) in [5, 5.41) is 18.7. The maximum Gasteiger partial charge on any atom is 0.321 e. The highest BCUT2D eigenvalue weighted by atomic mass is 32.1. The number of allylic oxidation sites excluding steroid dienone is 1. The third kappa shape index (κ3) is 5.21. The van der Waals surface area contributed by atoms with Gasteiger partial charge in [0.15, 0.2) is 0 Å². The van der Waals surface area contributed by atoms with E-state index in [0.29, 0.717) is 12.4 Å². The zero-order valence-corrected chi connectivity index (χ0v) is 14.6. The summed E-state index contributed by atoms with van der Waals surface area (Å²) >= 11 is 1.49. The fraction of sp³-hybridized carbons (Fsp3) is 0.438. The molecule has 1 aliphatic rings. The molecule has 0 atom stereocenters. The van der Waals surface area contributed by atoms with Crippen LogP contribution in [0.2, 0.25) is 0 Å². The minimum atomic E-state index is -0.500. The Kier molecular flexibility index (Phi) is 5.89. The van der Waals surface area contributed by atoms with Crippen LogP contribution in [-0.2, 0) is 11.3 Å². The second-order valence-electron chi connectivity index (χ2n) is 5.78. The number of carbonyl (C=O) groups excluding carboxylic acids is 2. The van der Waals surface area contributed by atoms with Crippen molar-refractivity contribution in [2.24, 2.45) is 0 Å². The summed E-state index contributed by atoms with van der Waals surface area (Å²) in [5.41, 5.74) is 1.38. The zero-order valence-electron chi connectivity index (χ0n) is 13.8. The largest absolute Gasteiger partial charge is 0.337 e.